The van der Waals surface area contributed by atoms with Crippen LogP contribution in [0.5, 0.6) is 0 Å². The third-order valence-corrected chi connectivity index (χ3v) is 5.27. The summed E-state index contributed by atoms with van der Waals surface area (Å²) in [7, 11) is 0. The highest BCUT2D eigenvalue weighted by molar-refractivity contribution is 6.18. The van der Waals surface area contributed by atoms with Crippen molar-refractivity contribution in [1.29, 1.82) is 5.41 Å². The van der Waals surface area contributed by atoms with Gasteiger partial charge in [-0.15, -0.1) is 11.6 Å². The first kappa shape index (κ1) is 22.4. The van der Waals surface area contributed by atoms with Crippen LogP contribution in [0.25, 0.3) is 0 Å². The molecule has 0 radical (unpaired) electrons. The van der Waals surface area contributed by atoms with E-state index in [1.54, 1.807) is 0 Å². The SMILES string of the molecule is N=C(NO/C(C=O)=C/C=O)C1(NC(=O)OCc2ccccc2)CCC(CCl)CC1. The first-order valence-electron chi connectivity index (χ1n) is 9.20. The number of allylic oxidation sites excluding steroid dienone is 2. The summed E-state index contributed by atoms with van der Waals surface area (Å²) in [4.78, 5) is 38.8. The zero-order valence-electron chi connectivity index (χ0n) is 15.9. The normalized spacial score (nSPS) is 21.6. The molecule has 156 valence electrons. The van der Waals surface area contributed by atoms with Gasteiger partial charge in [0.15, 0.2) is 17.9 Å². The van der Waals surface area contributed by atoms with Gasteiger partial charge in [0.2, 0.25) is 0 Å². The average Bonchev–Trinajstić information content (AvgIpc) is 2.76. The molecule has 3 N–H and O–H groups in total. The fourth-order valence-corrected chi connectivity index (χ4v) is 3.40. The van der Waals surface area contributed by atoms with E-state index >= 15 is 0 Å². The maximum Gasteiger partial charge on any atom is 0.408 e. The second-order valence-corrected chi connectivity index (χ2v) is 7.08. The van der Waals surface area contributed by atoms with Crippen molar-refractivity contribution in [2.75, 3.05) is 5.88 Å². The number of ether oxygens (including phenoxy) is 1. The topological polar surface area (TPSA) is 118 Å². The Kier molecular flexibility index (Phi) is 8.67. The van der Waals surface area contributed by atoms with Crippen LogP contribution >= 0.6 is 11.6 Å². The van der Waals surface area contributed by atoms with E-state index < -0.39 is 11.6 Å². The molecule has 1 saturated carbocycles. The number of hydrogen-bond acceptors (Lipinski definition) is 6. The lowest BCUT2D eigenvalue weighted by molar-refractivity contribution is -0.109. The first-order valence-corrected chi connectivity index (χ1v) is 9.74. The zero-order valence-corrected chi connectivity index (χ0v) is 16.6. The number of alkyl carbamates (subject to hydrolysis) is 1. The summed E-state index contributed by atoms with van der Waals surface area (Å²) < 4.78 is 5.29. The minimum atomic E-state index is -1.05. The van der Waals surface area contributed by atoms with Gasteiger partial charge in [0.05, 0.1) is 0 Å². The molecule has 0 atom stereocenters. The number of hydrogen-bond donors (Lipinski definition) is 3. The number of halogens is 1. The van der Waals surface area contributed by atoms with Crippen LogP contribution in [0.2, 0.25) is 0 Å². The third-order valence-electron chi connectivity index (χ3n) is 4.83. The van der Waals surface area contributed by atoms with E-state index in [1.165, 1.54) is 0 Å². The molecular weight excluding hydrogens is 398 g/mol. The quantitative estimate of drug-likeness (QED) is 0.107. The number of alkyl halides is 1. The summed E-state index contributed by atoms with van der Waals surface area (Å²) in [6.07, 6.45) is 3.31. The molecule has 1 amide bonds. The summed E-state index contributed by atoms with van der Waals surface area (Å²) in [5.41, 5.74) is 2.15. The van der Waals surface area contributed by atoms with Gasteiger partial charge in [-0.1, -0.05) is 30.3 Å². The molecule has 1 aliphatic rings. The standard InChI is InChI=1S/C20H24ClN3O5/c21-12-15-6-9-20(10-7-15,18(22)24-29-17(13-26)8-11-25)23-19(27)28-14-16-4-2-1-3-5-16/h1-5,8,11,13,15H,6-7,9-10,12,14H2,(H2,22,24)(H,23,27)/b17-8+. The predicted octanol–water partition coefficient (Wildman–Crippen LogP) is 2.86. The van der Waals surface area contributed by atoms with Crippen LogP contribution in [0.15, 0.2) is 42.2 Å². The largest absolute Gasteiger partial charge is 0.445 e. The number of nitrogens with one attached hydrogen (secondary N) is 3. The minimum Gasteiger partial charge on any atom is -0.445 e. The van der Waals surface area contributed by atoms with Crippen molar-refractivity contribution in [3.63, 3.8) is 0 Å². The van der Waals surface area contributed by atoms with Crippen LogP contribution in [0.4, 0.5) is 4.79 Å². The van der Waals surface area contributed by atoms with Gasteiger partial charge in [-0.05, 0) is 37.2 Å². The van der Waals surface area contributed by atoms with E-state index in [0.29, 0.717) is 50.1 Å². The summed E-state index contributed by atoms with van der Waals surface area (Å²) in [6, 6.07) is 9.24. The number of carbonyl (C=O) groups is 3. The van der Waals surface area contributed by atoms with Crippen molar-refractivity contribution >= 4 is 36.1 Å². The molecule has 0 spiro atoms. The highest BCUT2D eigenvalue weighted by Gasteiger charge is 2.41. The lowest BCUT2D eigenvalue weighted by atomic mass is 9.76. The molecule has 1 aromatic carbocycles. The number of rotatable bonds is 9. The molecule has 0 heterocycles. The molecule has 29 heavy (non-hydrogen) atoms. The lowest BCUT2D eigenvalue weighted by Gasteiger charge is -2.40. The highest BCUT2D eigenvalue weighted by atomic mass is 35.5. The van der Waals surface area contributed by atoms with Gasteiger partial charge >= 0.3 is 6.09 Å². The zero-order chi connectivity index (χ0) is 21.1. The van der Waals surface area contributed by atoms with E-state index in [9.17, 15) is 14.4 Å². The molecule has 0 aliphatic heterocycles. The van der Waals surface area contributed by atoms with Crippen molar-refractivity contribution in [1.82, 2.24) is 10.8 Å². The number of amidine groups is 1. The Morgan fingerprint density at radius 2 is 1.93 bits per heavy atom. The molecule has 2 rings (SSSR count). The summed E-state index contributed by atoms with van der Waals surface area (Å²) >= 11 is 5.95. The Morgan fingerprint density at radius 3 is 2.52 bits per heavy atom. The lowest BCUT2D eigenvalue weighted by Crippen LogP contribution is -2.60. The van der Waals surface area contributed by atoms with Crippen LogP contribution in [-0.2, 0) is 25.8 Å². The van der Waals surface area contributed by atoms with Crippen molar-refractivity contribution in [2.24, 2.45) is 5.92 Å². The van der Waals surface area contributed by atoms with Crippen LogP contribution in [0, 0.1) is 11.3 Å². The number of benzene rings is 1. The van der Waals surface area contributed by atoms with Gasteiger partial charge < -0.3 is 14.9 Å². The number of aldehydes is 2. The Balaban J connectivity index is 2.03. The molecule has 1 fully saturated rings. The van der Waals surface area contributed by atoms with E-state index in [1.807, 2.05) is 30.3 Å². The second kappa shape index (κ2) is 11.2. The smallest absolute Gasteiger partial charge is 0.408 e. The summed E-state index contributed by atoms with van der Waals surface area (Å²) in [6.45, 7) is 0.0989. The summed E-state index contributed by atoms with van der Waals surface area (Å²) in [5, 5.41) is 11.1. The Bertz CT molecular complexity index is 746. The molecule has 8 nitrogen and oxygen atoms in total. The maximum absolute atomic E-state index is 12.4. The second-order valence-electron chi connectivity index (χ2n) is 6.77. The highest BCUT2D eigenvalue weighted by Crippen LogP contribution is 2.33. The van der Waals surface area contributed by atoms with Gasteiger partial charge in [-0.2, -0.15) is 0 Å². The van der Waals surface area contributed by atoms with E-state index in [2.05, 4.69) is 10.8 Å². The molecule has 1 aliphatic carbocycles. The average molecular weight is 422 g/mol. The minimum absolute atomic E-state index is 0.0989. The Hall–Kier alpha value is -2.87. The molecule has 0 unspecified atom stereocenters. The van der Waals surface area contributed by atoms with Crippen LogP contribution in [0.3, 0.4) is 0 Å². The molecule has 0 saturated heterocycles. The fourth-order valence-electron chi connectivity index (χ4n) is 3.09. The van der Waals surface area contributed by atoms with Gasteiger partial charge in [0, 0.05) is 12.0 Å². The summed E-state index contributed by atoms with van der Waals surface area (Å²) in [5.74, 6) is 0.381. The first-order chi connectivity index (χ1) is 14.0. The fraction of sp³-hybridized carbons (Fsp3) is 0.400. The Labute approximate surface area is 174 Å². The molecule has 9 heteroatoms. The van der Waals surface area contributed by atoms with Gasteiger partial charge in [0.25, 0.3) is 0 Å². The predicted molar refractivity (Wildman–Crippen MR) is 107 cm³/mol. The maximum atomic E-state index is 12.4. The van der Waals surface area contributed by atoms with Crippen LogP contribution in [0.1, 0.15) is 31.2 Å². The van der Waals surface area contributed by atoms with E-state index in [-0.39, 0.29) is 18.2 Å². The number of hydroxylamine groups is 1. The number of amides is 1. The number of carbonyl (C=O) groups excluding carboxylic acids is 3. The van der Waals surface area contributed by atoms with Gasteiger partial charge in [-0.3, -0.25) is 15.0 Å². The van der Waals surface area contributed by atoms with Crippen molar-refractivity contribution < 1.29 is 24.0 Å². The van der Waals surface area contributed by atoms with Crippen LogP contribution in [-0.4, -0.2) is 35.9 Å². The van der Waals surface area contributed by atoms with E-state index in [4.69, 9.17) is 26.6 Å². The van der Waals surface area contributed by atoms with Gasteiger partial charge in [0.1, 0.15) is 18.4 Å². The van der Waals surface area contributed by atoms with Crippen LogP contribution < -0.4 is 10.8 Å². The van der Waals surface area contributed by atoms with Crippen molar-refractivity contribution in [2.45, 2.75) is 37.8 Å². The molecule has 1 aromatic rings. The molecule has 0 bridgehead atoms. The van der Waals surface area contributed by atoms with Crippen molar-refractivity contribution in [3.05, 3.63) is 47.7 Å². The van der Waals surface area contributed by atoms with Gasteiger partial charge in [-0.25, -0.2) is 10.3 Å². The molecular formula is C20H24ClN3O5. The van der Waals surface area contributed by atoms with E-state index in [0.717, 1.165) is 11.6 Å². The Morgan fingerprint density at radius 1 is 1.24 bits per heavy atom. The molecule has 0 aromatic heterocycles. The monoisotopic (exact) mass is 421 g/mol. The van der Waals surface area contributed by atoms with Crippen molar-refractivity contribution in [3.8, 4) is 0 Å². The third kappa shape index (κ3) is 6.60.